The van der Waals surface area contributed by atoms with Crippen molar-refractivity contribution < 1.29 is 18.9 Å². The summed E-state index contributed by atoms with van der Waals surface area (Å²) >= 11 is 0. The van der Waals surface area contributed by atoms with Gasteiger partial charge in [-0.25, -0.2) is 4.98 Å². The minimum absolute atomic E-state index is 0.255. The van der Waals surface area contributed by atoms with Crippen molar-refractivity contribution in [3.05, 3.63) is 59.8 Å². The Morgan fingerprint density at radius 2 is 1.55 bits per heavy atom. The second kappa shape index (κ2) is 8.98. The molecule has 2 aromatic carbocycles. The van der Waals surface area contributed by atoms with E-state index in [1.165, 1.54) is 0 Å². The van der Waals surface area contributed by atoms with Gasteiger partial charge in [-0.15, -0.1) is 0 Å². The third kappa shape index (κ3) is 4.25. The first-order chi connectivity index (χ1) is 14.1. The molecule has 0 aliphatic rings. The van der Waals surface area contributed by atoms with Crippen molar-refractivity contribution in [2.45, 2.75) is 13.3 Å². The van der Waals surface area contributed by atoms with Crippen LogP contribution >= 0.6 is 0 Å². The molecule has 148 valence electrons. The predicted octanol–water partition coefficient (Wildman–Crippen LogP) is 5.00. The number of nitriles is 1. The molecule has 0 saturated carbocycles. The Hall–Kier alpha value is -3.72. The lowest BCUT2D eigenvalue weighted by Gasteiger charge is -2.14. The van der Waals surface area contributed by atoms with E-state index in [0.717, 1.165) is 22.6 Å². The molecule has 0 aliphatic heterocycles. The maximum atomic E-state index is 9.85. The number of aromatic nitrogens is 1. The lowest BCUT2D eigenvalue weighted by Crippen LogP contribution is -2.00. The van der Waals surface area contributed by atoms with Crippen LogP contribution in [0.25, 0.3) is 11.1 Å². The van der Waals surface area contributed by atoms with Crippen molar-refractivity contribution in [2.75, 3.05) is 21.3 Å². The molecular formula is C23H22N2O4. The van der Waals surface area contributed by atoms with Gasteiger partial charge in [0.25, 0.3) is 0 Å². The second-order valence-corrected chi connectivity index (χ2v) is 6.15. The Balaban J connectivity index is 2.08. The number of rotatable bonds is 7. The van der Waals surface area contributed by atoms with Crippen molar-refractivity contribution in [3.63, 3.8) is 0 Å². The lowest BCUT2D eigenvalue weighted by molar-refractivity contribution is 0.351. The Morgan fingerprint density at radius 1 is 0.862 bits per heavy atom. The molecule has 0 unspecified atom stereocenters. The molecule has 6 nitrogen and oxygen atoms in total. The van der Waals surface area contributed by atoms with Crippen LogP contribution in [-0.2, 0) is 6.42 Å². The van der Waals surface area contributed by atoms with Gasteiger partial charge < -0.3 is 18.9 Å². The molecule has 1 aromatic heterocycles. The van der Waals surface area contributed by atoms with Crippen LogP contribution in [0.1, 0.15) is 18.2 Å². The van der Waals surface area contributed by atoms with Gasteiger partial charge in [0.15, 0.2) is 11.5 Å². The van der Waals surface area contributed by atoms with Crippen LogP contribution in [0.15, 0.2) is 48.5 Å². The number of nitrogens with zero attached hydrogens (tertiary/aromatic N) is 2. The summed E-state index contributed by atoms with van der Waals surface area (Å²) in [6, 6.07) is 16.9. The van der Waals surface area contributed by atoms with Crippen LogP contribution in [0.4, 0.5) is 0 Å². The standard InChI is InChI=1S/C23H22N2O4/c1-5-16-12-19(15-6-8-17(26-2)9-7-15)20(14-24)23(25-16)29-18-10-11-21(27-3)22(13-18)28-4/h6-13H,5H2,1-4H3. The van der Waals surface area contributed by atoms with E-state index in [1.54, 1.807) is 39.5 Å². The van der Waals surface area contributed by atoms with Gasteiger partial charge >= 0.3 is 0 Å². The molecule has 0 saturated heterocycles. The summed E-state index contributed by atoms with van der Waals surface area (Å²) in [6.45, 7) is 2.01. The smallest absolute Gasteiger partial charge is 0.238 e. The average Bonchev–Trinajstić information content (AvgIpc) is 2.78. The molecule has 3 rings (SSSR count). The number of hydrogen-bond donors (Lipinski definition) is 0. The van der Waals surface area contributed by atoms with Crippen molar-refractivity contribution in [1.29, 1.82) is 5.26 Å². The summed E-state index contributed by atoms with van der Waals surface area (Å²) in [4.78, 5) is 4.53. The highest BCUT2D eigenvalue weighted by Crippen LogP contribution is 2.36. The highest BCUT2D eigenvalue weighted by molar-refractivity contribution is 5.73. The fraction of sp³-hybridized carbons (Fsp3) is 0.217. The van der Waals surface area contributed by atoms with Crippen molar-refractivity contribution in [2.24, 2.45) is 0 Å². The number of aryl methyl sites for hydroxylation is 1. The molecule has 1 heterocycles. The lowest BCUT2D eigenvalue weighted by atomic mass is 10.00. The Morgan fingerprint density at radius 3 is 2.14 bits per heavy atom. The van der Waals surface area contributed by atoms with Gasteiger partial charge in [0, 0.05) is 17.3 Å². The first-order valence-corrected chi connectivity index (χ1v) is 9.11. The van der Waals surface area contributed by atoms with Gasteiger partial charge in [0.2, 0.25) is 5.88 Å². The quantitative estimate of drug-likeness (QED) is 0.565. The van der Waals surface area contributed by atoms with Gasteiger partial charge in [0.1, 0.15) is 23.1 Å². The van der Waals surface area contributed by atoms with Gasteiger partial charge in [-0.05, 0) is 42.3 Å². The molecule has 0 amide bonds. The first-order valence-electron chi connectivity index (χ1n) is 9.11. The van der Waals surface area contributed by atoms with E-state index < -0.39 is 0 Å². The van der Waals surface area contributed by atoms with Gasteiger partial charge in [-0.1, -0.05) is 19.1 Å². The molecule has 3 aromatic rings. The second-order valence-electron chi connectivity index (χ2n) is 6.15. The van der Waals surface area contributed by atoms with E-state index in [-0.39, 0.29) is 5.88 Å². The largest absolute Gasteiger partial charge is 0.497 e. The minimum Gasteiger partial charge on any atom is -0.497 e. The molecule has 0 fully saturated rings. The van der Waals surface area contributed by atoms with Crippen molar-refractivity contribution in [1.82, 2.24) is 4.98 Å². The highest BCUT2D eigenvalue weighted by Gasteiger charge is 2.17. The maximum absolute atomic E-state index is 9.85. The Labute approximate surface area is 170 Å². The summed E-state index contributed by atoms with van der Waals surface area (Å²) in [6.07, 6.45) is 0.706. The number of ether oxygens (including phenoxy) is 4. The molecule has 0 bridgehead atoms. The highest BCUT2D eigenvalue weighted by atomic mass is 16.5. The number of benzene rings is 2. The topological polar surface area (TPSA) is 73.6 Å². The molecule has 0 N–H and O–H groups in total. The Bertz CT molecular complexity index is 1040. The van der Waals surface area contributed by atoms with Crippen LogP contribution in [0.5, 0.6) is 28.9 Å². The average molecular weight is 390 g/mol. The predicted molar refractivity (Wildman–Crippen MR) is 110 cm³/mol. The molecule has 0 atom stereocenters. The zero-order valence-electron chi connectivity index (χ0n) is 16.9. The van der Waals surface area contributed by atoms with Crippen LogP contribution in [0.3, 0.4) is 0 Å². The first kappa shape index (κ1) is 20.0. The molecule has 29 heavy (non-hydrogen) atoms. The number of pyridine rings is 1. The summed E-state index contributed by atoms with van der Waals surface area (Å²) < 4.78 is 21.8. The molecule has 0 aliphatic carbocycles. The molecule has 0 spiro atoms. The van der Waals surface area contributed by atoms with Crippen LogP contribution in [-0.4, -0.2) is 26.3 Å². The third-order valence-corrected chi connectivity index (χ3v) is 4.48. The molecular weight excluding hydrogens is 368 g/mol. The van der Waals surface area contributed by atoms with E-state index in [0.29, 0.717) is 29.2 Å². The summed E-state index contributed by atoms with van der Waals surface area (Å²) in [5.41, 5.74) is 2.83. The summed E-state index contributed by atoms with van der Waals surface area (Å²) in [7, 11) is 4.74. The van der Waals surface area contributed by atoms with E-state index in [9.17, 15) is 5.26 Å². The van der Waals surface area contributed by atoms with E-state index in [4.69, 9.17) is 18.9 Å². The molecule has 6 heteroatoms. The van der Waals surface area contributed by atoms with Crippen molar-refractivity contribution >= 4 is 0 Å². The maximum Gasteiger partial charge on any atom is 0.238 e. The number of hydrogen-bond acceptors (Lipinski definition) is 6. The zero-order chi connectivity index (χ0) is 20.8. The van der Waals surface area contributed by atoms with Crippen molar-refractivity contribution in [3.8, 4) is 46.1 Å². The summed E-state index contributed by atoms with van der Waals surface area (Å²) in [5, 5.41) is 9.85. The van der Waals surface area contributed by atoms with E-state index >= 15 is 0 Å². The van der Waals surface area contributed by atoms with Crippen LogP contribution < -0.4 is 18.9 Å². The fourth-order valence-electron chi connectivity index (χ4n) is 2.93. The normalized spacial score (nSPS) is 10.2. The van der Waals surface area contributed by atoms with E-state index in [2.05, 4.69) is 11.1 Å². The van der Waals surface area contributed by atoms with Crippen LogP contribution in [0, 0.1) is 11.3 Å². The summed E-state index contributed by atoms with van der Waals surface area (Å²) in [5.74, 6) is 2.63. The number of methoxy groups -OCH3 is 3. The van der Waals surface area contributed by atoms with Gasteiger partial charge in [-0.2, -0.15) is 5.26 Å². The minimum atomic E-state index is 0.255. The third-order valence-electron chi connectivity index (χ3n) is 4.48. The van der Waals surface area contributed by atoms with Crippen LogP contribution in [0.2, 0.25) is 0 Å². The van der Waals surface area contributed by atoms with Gasteiger partial charge in [0.05, 0.1) is 21.3 Å². The SMILES string of the molecule is CCc1cc(-c2ccc(OC)cc2)c(C#N)c(Oc2ccc(OC)c(OC)c2)n1. The molecule has 0 radical (unpaired) electrons. The fourth-order valence-corrected chi connectivity index (χ4v) is 2.93. The van der Waals surface area contributed by atoms with Gasteiger partial charge in [-0.3, -0.25) is 0 Å². The van der Waals surface area contributed by atoms with E-state index in [1.807, 2.05) is 37.3 Å². The zero-order valence-corrected chi connectivity index (χ0v) is 16.9. The monoisotopic (exact) mass is 390 g/mol. The Kier molecular flexibility index (Phi) is 6.20.